The summed E-state index contributed by atoms with van der Waals surface area (Å²) < 4.78 is 0. The topological polar surface area (TPSA) is 40.0 Å². The zero-order chi connectivity index (χ0) is 20.2. The molecule has 0 saturated carbocycles. The van der Waals surface area contributed by atoms with Gasteiger partial charge in [-0.05, 0) is 70.1 Å². The van der Waals surface area contributed by atoms with E-state index in [1.807, 2.05) is 0 Å². The highest BCUT2D eigenvalue weighted by Gasteiger charge is 2.10. The minimum atomic E-state index is -0.758. The zero-order valence-corrected chi connectivity index (χ0v) is 19.9. The lowest BCUT2D eigenvalue weighted by Gasteiger charge is -2.35. The maximum atomic E-state index is 4.73. The lowest BCUT2D eigenvalue weighted by atomic mass is 10.1. The summed E-state index contributed by atoms with van der Waals surface area (Å²) in [5.41, 5.74) is 2.58. The summed E-state index contributed by atoms with van der Waals surface area (Å²) in [6.45, 7) is 17.3. The SMILES string of the molecule is CC(CC(C)C)=NCCCN(CCCN=C(C)CC(C)C)NS(C)(C)C. The van der Waals surface area contributed by atoms with Crippen LogP contribution in [-0.4, -0.2) is 61.4 Å². The van der Waals surface area contributed by atoms with Crippen LogP contribution >= 0.6 is 10.2 Å². The van der Waals surface area contributed by atoms with Gasteiger partial charge in [0.2, 0.25) is 0 Å². The molecule has 0 aromatic carbocycles. The number of rotatable bonds is 14. The van der Waals surface area contributed by atoms with Crippen molar-refractivity contribution in [1.29, 1.82) is 0 Å². The molecule has 26 heavy (non-hydrogen) atoms. The molecule has 0 saturated heterocycles. The quantitative estimate of drug-likeness (QED) is 0.253. The van der Waals surface area contributed by atoms with Crippen molar-refractivity contribution in [3.63, 3.8) is 0 Å². The number of hydrazine groups is 1. The van der Waals surface area contributed by atoms with Gasteiger partial charge in [0.15, 0.2) is 0 Å². The first kappa shape index (κ1) is 25.6. The average Bonchev–Trinajstić information content (AvgIpc) is 2.44. The van der Waals surface area contributed by atoms with E-state index in [1.165, 1.54) is 11.4 Å². The second kappa shape index (κ2) is 13.7. The molecule has 0 amide bonds. The average molecular weight is 387 g/mol. The van der Waals surface area contributed by atoms with Gasteiger partial charge in [0.25, 0.3) is 0 Å². The van der Waals surface area contributed by atoms with Crippen LogP contribution in [-0.2, 0) is 0 Å². The predicted octanol–water partition coefficient (Wildman–Crippen LogP) is 5.20. The van der Waals surface area contributed by atoms with Crippen LogP contribution in [0.2, 0.25) is 0 Å². The Hall–Kier alpha value is -0.390. The largest absolute Gasteiger partial charge is 0.294 e. The normalized spacial score (nSPS) is 14.8. The fourth-order valence-corrected chi connectivity index (χ4v) is 3.92. The standard InChI is InChI=1S/C21H46N4S/c1-18(2)16-20(5)22-12-10-14-25(24-26(7,8)9)15-11-13-23-21(6)17-19(3)4/h18-19,24H,10-17H2,1-9H3. The molecule has 0 aliphatic carbocycles. The monoisotopic (exact) mass is 386 g/mol. The predicted molar refractivity (Wildman–Crippen MR) is 124 cm³/mol. The van der Waals surface area contributed by atoms with Crippen molar-refractivity contribution < 1.29 is 0 Å². The van der Waals surface area contributed by atoms with Crippen molar-refractivity contribution >= 4 is 21.6 Å². The molecule has 0 heterocycles. The van der Waals surface area contributed by atoms with Gasteiger partial charge in [-0.2, -0.15) is 10.2 Å². The molecule has 0 aliphatic heterocycles. The molecule has 0 radical (unpaired) electrons. The Bertz CT molecular complexity index is 390. The second-order valence-corrected chi connectivity index (χ2v) is 12.9. The summed E-state index contributed by atoms with van der Waals surface area (Å²) in [4.78, 5) is 13.2. The van der Waals surface area contributed by atoms with E-state index >= 15 is 0 Å². The molecule has 0 rings (SSSR count). The summed E-state index contributed by atoms with van der Waals surface area (Å²) in [6, 6.07) is 0. The minimum Gasteiger partial charge on any atom is -0.294 e. The van der Waals surface area contributed by atoms with E-state index < -0.39 is 10.2 Å². The number of nitrogens with one attached hydrogen (secondary N) is 1. The Morgan fingerprint density at radius 2 is 1.19 bits per heavy atom. The fraction of sp³-hybridized carbons (Fsp3) is 0.905. The van der Waals surface area contributed by atoms with Gasteiger partial charge in [-0.25, -0.2) is 9.84 Å². The molecule has 1 N–H and O–H groups in total. The Morgan fingerprint density at radius 3 is 1.50 bits per heavy atom. The number of hydrogen-bond acceptors (Lipinski definition) is 4. The smallest absolute Gasteiger partial charge is 0.0401 e. The van der Waals surface area contributed by atoms with Gasteiger partial charge in [-0.15, -0.1) is 0 Å². The van der Waals surface area contributed by atoms with Gasteiger partial charge < -0.3 is 0 Å². The molecule has 5 heteroatoms. The molecule has 0 unspecified atom stereocenters. The van der Waals surface area contributed by atoms with Crippen LogP contribution in [0.25, 0.3) is 0 Å². The van der Waals surface area contributed by atoms with Crippen molar-refractivity contribution in [2.75, 3.05) is 44.9 Å². The summed E-state index contributed by atoms with van der Waals surface area (Å²) in [5, 5.41) is 2.40. The van der Waals surface area contributed by atoms with E-state index in [-0.39, 0.29) is 0 Å². The lowest BCUT2D eigenvalue weighted by molar-refractivity contribution is 0.245. The van der Waals surface area contributed by atoms with Crippen LogP contribution in [0.5, 0.6) is 0 Å². The van der Waals surface area contributed by atoms with E-state index in [1.54, 1.807) is 0 Å². The van der Waals surface area contributed by atoms with Crippen LogP contribution in [0, 0.1) is 11.8 Å². The van der Waals surface area contributed by atoms with Crippen LogP contribution in [0.3, 0.4) is 0 Å². The molecule has 4 nitrogen and oxygen atoms in total. The molecule has 0 bridgehead atoms. The molecule has 0 fully saturated rings. The zero-order valence-electron chi connectivity index (χ0n) is 19.1. The van der Waals surface area contributed by atoms with E-state index in [0.29, 0.717) is 11.8 Å². The Kier molecular flexibility index (Phi) is 13.5. The van der Waals surface area contributed by atoms with E-state index in [2.05, 4.69) is 70.1 Å². The lowest BCUT2D eigenvalue weighted by Crippen LogP contribution is -2.40. The van der Waals surface area contributed by atoms with Crippen molar-refractivity contribution in [3.8, 4) is 0 Å². The number of nitrogens with zero attached hydrogens (tertiary/aromatic N) is 3. The van der Waals surface area contributed by atoms with Crippen molar-refractivity contribution in [1.82, 2.24) is 9.84 Å². The van der Waals surface area contributed by atoms with Gasteiger partial charge in [0.1, 0.15) is 0 Å². The Labute approximate surface area is 165 Å². The van der Waals surface area contributed by atoms with E-state index in [0.717, 1.165) is 51.9 Å². The first-order chi connectivity index (χ1) is 12.0. The molecule has 0 aromatic rings. The van der Waals surface area contributed by atoms with Gasteiger partial charge in [-0.3, -0.25) is 9.98 Å². The second-order valence-electron chi connectivity index (χ2n) is 9.05. The van der Waals surface area contributed by atoms with Crippen LogP contribution in [0.4, 0.5) is 0 Å². The van der Waals surface area contributed by atoms with Crippen LogP contribution in [0.1, 0.15) is 67.2 Å². The van der Waals surface area contributed by atoms with Crippen molar-refractivity contribution in [2.24, 2.45) is 21.8 Å². The van der Waals surface area contributed by atoms with Gasteiger partial charge in [0.05, 0.1) is 0 Å². The molecular weight excluding hydrogens is 340 g/mol. The first-order valence-corrected chi connectivity index (χ1v) is 13.1. The van der Waals surface area contributed by atoms with Gasteiger partial charge in [0, 0.05) is 37.6 Å². The summed E-state index contributed by atoms with van der Waals surface area (Å²) in [6.07, 6.45) is 11.3. The van der Waals surface area contributed by atoms with Crippen molar-refractivity contribution in [2.45, 2.75) is 67.2 Å². The third-order valence-electron chi connectivity index (χ3n) is 3.75. The maximum Gasteiger partial charge on any atom is 0.0401 e. The number of aliphatic imine (C=N–C) groups is 2. The minimum absolute atomic E-state index is 0.695. The highest BCUT2D eigenvalue weighted by molar-refractivity contribution is 8.30. The first-order valence-electron chi connectivity index (χ1n) is 10.2. The Balaban J connectivity index is 4.32. The molecule has 0 atom stereocenters. The van der Waals surface area contributed by atoms with Gasteiger partial charge >= 0.3 is 0 Å². The molecule has 156 valence electrons. The van der Waals surface area contributed by atoms with E-state index in [4.69, 9.17) is 9.98 Å². The maximum absolute atomic E-state index is 4.73. The van der Waals surface area contributed by atoms with Crippen molar-refractivity contribution in [3.05, 3.63) is 0 Å². The number of hydrogen-bond donors (Lipinski definition) is 1. The third-order valence-corrected chi connectivity index (χ3v) is 4.55. The summed E-state index contributed by atoms with van der Waals surface area (Å²) in [7, 11) is -0.758. The highest BCUT2D eigenvalue weighted by atomic mass is 32.3. The van der Waals surface area contributed by atoms with E-state index in [9.17, 15) is 0 Å². The van der Waals surface area contributed by atoms with Gasteiger partial charge in [-0.1, -0.05) is 27.7 Å². The van der Waals surface area contributed by atoms with Crippen LogP contribution in [0.15, 0.2) is 9.98 Å². The molecule has 0 aromatic heterocycles. The third kappa shape index (κ3) is 17.0. The fourth-order valence-electron chi connectivity index (χ4n) is 2.96. The summed E-state index contributed by atoms with van der Waals surface area (Å²) in [5.74, 6) is 1.39. The van der Waals surface area contributed by atoms with Crippen LogP contribution < -0.4 is 4.83 Å². The Morgan fingerprint density at radius 1 is 0.808 bits per heavy atom. The summed E-state index contributed by atoms with van der Waals surface area (Å²) >= 11 is 0. The molecule has 0 spiro atoms. The molecular formula is C21H46N4S. The highest BCUT2D eigenvalue weighted by Crippen LogP contribution is 2.29. The molecule has 0 aliphatic rings.